The Balaban J connectivity index is 1.31. The first-order chi connectivity index (χ1) is 20.4. The zero-order valence-electron chi connectivity index (χ0n) is 24.4. The molecule has 9 nitrogen and oxygen atoms in total. The van der Waals surface area contributed by atoms with E-state index in [4.69, 9.17) is 4.74 Å². The number of likely N-dealkylation sites (tertiary alicyclic amines) is 1. The van der Waals surface area contributed by atoms with Crippen molar-refractivity contribution in [2.24, 2.45) is 0 Å². The summed E-state index contributed by atoms with van der Waals surface area (Å²) in [5.41, 5.74) is 4.81. The van der Waals surface area contributed by atoms with Crippen molar-refractivity contribution in [3.63, 3.8) is 0 Å². The van der Waals surface area contributed by atoms with Crippen LogP contribution in [0.1, 0.15) is 45.5 Å². The van der Waals surface area contributed by atoms with Crippen molar-refractivity contribution in [2.45, 2.75) is 26.2 Å². The number of rotatable bonds is 10. The maximum atomic E-state index is 13.4. The van der Waals surface area contributed by atoms with Crippen molar-refractivity contribution >= 4 is 34.8 Å². The third kappa shape index (κ3) is 6.67. The standard InChI is InChI=1S/C33H39N5O4/c1-24-9-3-5-11-28(24)36-19-21-37(22-20-36)29-15-14-25(32(40)34-16-8-18-38-17-7-13-31(38)39)23-27(29)35-33(41)26-10-4-6-12-30(26)42-2/h3-6,9-12,14-15,23H,7-8,13,16-22H2,1-2H3,(H,34,40)(H,35,41). The Morgan fingerprint density at radius 1 is 0.857 bits per heavy atom. The number of piperazine rings is 1. The summed E-state index contributed by atoms with van der Waals surface area (Å²) in [4.78, 5) is 44.8. The molecule has 2 saturated heterocycles. The highest BCUT2D eigenvalue weighted by molar-refractivity contribution is 6.08. The van der Waals surface area contributed by atoms with Gasteiger partial charge in [0.25, 0.3) is 11.8 Å². The van der Waals surface area contributed by atoms with E-state index in [2.05, 4.69) is 51.6 Å². The number of amides is 3. The van der Waals surface area contributed by atoms with Gasteiger partial charge >= 0.3 is 0 Å². The van der Waals surface area contributed by atoms with Gasteiger partial charge < -0.3 is 30.1 Å². The summed E-state index contributed by atoms with van der Waals surface area (Å²) in [5, 5.41) is 6.02. The fourth-order valence-electron chi connectivity index (χ4n) is 5.70. The predicted octanol–water partition coefficient (Wildman–Crippen LogP) is 4.32. The summed E-state index contributed by atoms with van der Waals surface area (Å²) in [7, 11) is 1.54. The van der Waals surface area contributed by atoms with Crippen LogP contribution in [0.3, 0.4) is 0 Å². The van der Waals surface area contributed by atoms with E-state index in [9.17, 15) is 14.4 Å². The molecule has 5 rings (SSSR count). The number of aryl methyl sites for hydroxylation is 1. The maximum Gasteiger partial charge on any atom is 0.259 e. The number of para-hydroxylation sites is 2. The second-order valence-corrected chi connectivity index (χ2v) is 10.7. The Kier molecular flexibility index (Phi) is 9.26. The Labute approximate surface area is 247 Å². The van der Waals surface area contributed by atoms with Crippen LogP contribution < -0.4 is 25.2 Å². The summed E-state index contributed by atoms with van der Waals surface area (Å²) >= 11 is 0. The van der Waals surface area contributed by atoms with Crippen LogP contribution in [0, 0.1) is 6.92 Å². The normalized spacial score (nSPS) is 15.1. The largest absolute Gasteiger partial charge is 0.496 e. The van der Waals surface area contributed by atoms with Gasteiger partial charge in [-0.2, -0.15) is 0 Å². The first-order valence-electron chi connectivity index (χ1n) is 14.6. The van der Waals surface area contributed by atoms with E-state index in [1.807, 2.05) is 17.0 Å². The van der Waals surface area contributed by atoms with Crippen molar-refractivity contribution in [2.75, 3.05) is 68.0 Å². The van der Waals surface area contributed by atoms with Crippen LogP contribution in [0.5, 0.6) is 5.75 Å². The molecule has 0 spiro atoms. The number of benzene rings is 3. The van der Waals surface area contributed by atoms with Gasteiger partial charge in [0, 0.05) is 63.5 Å². The molecule has 42 heavy (non-hydrogen) atoms. The zero-order valence-corrected chi connectivity index (χ0v) is 24.4. The van der Waals surface area contributed by atoms with Gasteiger partial charge in [0.15, 0.2) is 0 Å². The Hall–Kier alpha value is -4.53. The predicted molar refractivity (Wildman–Crippen MR) is 166 cm³/mol. The van der Waals surface area contributed by atoms with Crippen molar-refractivity contribution in [1.82, 2.24) is 10.2 Å². The molecule has 2 N–H and O–H groups in total. The first-order valence-corrected chi connectivity index (χ1v) is 14.6. The van der Waals surface area contributed by atoms with Crippen LogP contribution >= 0.6 is 0 Å². The minimum absolute atomic E-state index is 0.187. The molecule has 2 heterocycles. The molecule has 2 aliphatic heterocycles. The Bertz CT molecular complexity index is 1430. The lowest BCUT2D eigenvalue weighted by molar-refractivity contribution is -0.127. The number of hydrogen-bond acceptors (Lipinski definition) is 6. The van der Waals surface area contributed by atoms with E-state index >= 15 is 0 Å². The minimum Gasteiger partial charge on any atom is -0.496 e. The second-order valence-electron chi connectivity index (χ2n) is 10.7. The lowest BCUT2D eigenvalue weighted by Gasteiger charge is -2.38. The summed E-state index contributed by atoms with van der Waals surface area (Å²) < 4.78 is 5.41. The number of ether oxygens (including phenoxy) is 1. The smallest absolute Gasteiger partial charge is 0.259 e. The molecule has 0 unspecified atom stereocenters. The fraction of sp³-hybridized carbons (Fsp3) is 0.364. The summed E-state index contributed by atoms with van der Waals surface area (Å²) in [6.07, 6.45) is 2.21. The molecule has 0 radical (unpaired) electrons. The van der Waals surface area contributed by atoms with E-state index in [0.29, 0.717) is 48.5 Å². The number of carbonyl (C=O) groups excluding carboxylic acids is 3. The van der Waals surface area contributed by atoms with Gasteiger partial charge in [0.1, 0.15) is 5.75 Å². The highest BCUT2D eigenvalue weighted by Gasteiger charge is 2.23. The van der Waals surface area contributed by atoms with Gasteiger partial charge in [0.05, 0.1) is 24.0 Å². The topological polar surface area (TPSA) is 94.2 Å². The average molecular weight is 570 g/mol. The monoisotopic (exact) mass is 569 g/mol. The van der Waals surface area contributed by atoms with Gasteiger partial charge in [-0.25, -0.2) is 0 Å². The first kappa shape index (κ1) is 29.0. The summed E-state index contributed by atoms with van der Waals surface area (Å²) in [5.74, 6) is 0.146. The number of nitrogens with one attached hydrogen (secondary N) is 2. The summed E-state index contributed by atoms with van der Waals surface area (Å²) in [6, 6.07) is 21.0. The number of nitrogens with zero attached hydrogens (tertiary/aromatic N) is 3. The molecule has 3 aromatic rings. The highest BCUT2D eigenvalue weighted by Crippen LogP contribution is 2.31. The van der Waals surface area contributed by atoms with Crippen LogP contribution in [0.2, 0.25) is 0 Å². The molecule has 0 aromatic heterocycles. The number of anilines is 3. The van der Waals surface area contributed by atoms with Gasteiger partial charge in [-0.15, -0.1) is 0 Å². The lowest BCUT2D eigenvalue weighted by Crippen LogP contribution is -2.47. The SMILES string of the molecule is COc1ccccc1C(=O)Nc1cc(C(=O)NCCCN2CCCC2=O)ccc1N1CCN(c2ccccc2C)CC1. The van der Waals surface area contributed by atoms with Gasteiger partial charge in [-0.3, -0.25) is 14.4 Å². The minimum atomic E-state index is -0.305. The number of methoxy groups -OCH3 is 1. The molecule has 2 fully saturated rings. The van der Waals surface area contributed by atoms with Crippen LogP contribution in [-0.2, 0) is 4.79 Å². The maximum absolute atomic E-state index is 13.4. The van der Waals surface area contributed by atoms with Gasteiger partial charge in [-0.05, 0) is 61.7 Å². The molecule has 220 valence electrons. The second kappa shape index (κ2) is 13.4. The van der Waals surface area contributed by atoms with Crippen LogP contribution in [-0.4, -0.2) is 75.5 Å². The third-order valence-electron chi connectivity index (χ3n) is 8.00. The molecule has 0 aliphatic carbocycles. The molecule has 0 bridgehead atoms. The van der Waals surface area contributed by atoms with Crippen molar-refractivity contribution in [3.05, 3.63) is 83.4 Å². The van der Waals surface area contributed by atoms with Gasteiger partial charge in [0.2, 0.25) is 5.91 Å². The molecule has 0 saturated carbocycles. The third-order valence-corrected chi connectivity index (χ3v) is 8.00. The van der Waals surface area contributed by atoms with Crippen LogP contribution in [0.15, 0.2) is 66.7 Å². The molecule has 9 heteroatoms. The van der Waals surface area contributed by atoms with Crippen LogP contribution in [0.25, 0.3) is 0 Å². The van der Waals surface area contributed by atoms with Crippen LogP contribution in [0.4, 0.5) is 17.1 Å². The summed E-state index contributed by atoms with van der Waals surface area (Å²) in [6.45, 7) is 7.25. The highest BCUT2D eigenvalue weighted by atomic mass is 16.5. The number of hydrogen-bond donors (Lipinski definition) is 2. The zero-order chi connectivity index (χ0) is 29.5. The molecule has 3 aromatic carbocycles. The molecule has 2 aliphatic rings. The number of carbonyl (C=O) groups is 3. The van der Waals surface area contributed by atoms with Gasteiger partial charge in [-0.1, -0.05) is 30.3 Å². The van der Waals surface area contributed by atoms with Crippen molar-refractivity contribution in [1.29, 1.82) is 0 Å². The molecular weight excluding hydrogens is 530 g/mol. The molecule has 3 amide bonds. The van der Waals surface area contributed by atoms with E-state index in [0.717, 1.165) is 44.8 Å². The fourth-order valence-corrected chi connectivity index (χ4v) is 5.70. The Morgan fingerprint density at radius 2 is 1.57 bits per heavy atom. The van der Waals surface area contributed by atoms with E-state index < -0.39 is 0 Å². The van der Waals surface area contributed by atoms with Crippen molar-refractivity contribution < 1.29 is 19.1 Å². The van der Waals surface area contributed by atoms with Crippen molar-refractivity contribution in [3.8, 4) is 5.75 Å². The lowest BCUT2D eigenvalue weighted by atomic mass is 10.1. The van der Waals surface area contributed by atoms with E-state index in [1.165, 1.54) is 18.4 Å². The molecule has 0 atom stereocenters. The average Bonchev–Trinajstić information content (AvgIpc) is 3.43. The van der Waals surface area contributed by atoms with E-state index in [1.54, 1.807) is 30.3 Å². The van der Waals surface area contributed by atoms with E-state index in [-0.39, 0.29) is 17.7 Å². The molecular formula is C33H39N5O4. The quantitative estimate of drug-likeness (QED) is 0.353. The Morgan fingerprint density at radius 3 is 2.29 bits per heavy atom.